The lowest BCUT2D eigenvalue weighted by molar-refractivity contribution is 0.971. The van der Waals surface area contributed by atoms with Crippen LogP contribution < -0.4 is 5.56 Å². The van der Waals surface area contributed by atoms with E-state index in [0.29, 0.717) is 15.6 Å². The number of rotatable bonds is 1. The zero-order valence-corrected chi connectivity index (χ0v) is 13.6. The fourth-order valence-electron chi connectivity index (χ4n) is 2.19. The van der Waals surface area contributed by atoms with Crippen LogP contribution in [0.5, 0.6) is 0 Å². The van der Waals surface area contributed by atoms with Gasteiger partial charge in [0.25, 0.3) is 5.56 Å². The van der Waals surface area contributed by atoms with Gasteiger partial charge in [-0.1, -0.05) is 17.7 Å². The highest BCUT2D eigenvalue weighted by molar-refractivity contribution is 9.10. The maximum absolute atomic E-state index is 12.5. The Hall–Kier alpha value is -2.01. The number of hydrogen-bond acceptors (Lipinski definition) is 3. The van der Waals surface area contributed by atoms with Crippen molar-refractivity contribution in [2.45, 2.75) is 20.8 Å². The quantitative estimate of drug-likeness (QED) is 0.679. The van der Waals surface area contributed by atoms with Gasteiger partial charge in [-0.25, -0.2) is 9.97 Å². The van der Waals surface area contributed by atoms with Gasteiger partial charge in [0.15, 0.2) is 5.65 Å². The summed E-state index contributed by atoms with van der Waals surface area (Å²) in [5.74, 6) is 0. The molecule has 4 nitrogen and oxygen atoms in total. The first kappa shape index (κ1) is 13.9. The first-order valence-corrected chi connectivity index (χ1v) is 7.40. The van der Waals surface area contributed by atoms with Gasteiger partial charge >= 0.3 is 0 Å². The highest BCUT2D eigenvalue weighted by atomic mass is 79.9. The Balaban J connectivity index is 2.44. The molecular weight excluding hydrogens is 330 g/mol. The molecule has 0 atom stereocenters. The second-order valence-corrected chi connectivity index (χ2v) is 5.93. The maximum atomic E-state index is 12.5. The van der Waals surface area contributed by atoms with Crippen molar-refractivity contribution in [1.29, 1.82) is 0 Å². The van der Waals surface area contributed by atoms with Crippen molar-refractivity contribution in [3.63, 3.8) is 0 Å². The van der Waals surface area contributed by atoms with Crippen molar-refractivity contribution in [1.82, 2.24) is 14.5 Å². The molecular formula is C16H14BrN3O. The molecule has 0 aliphatic rings. The van der Waals surface area contributed by atoms with Gasteiger partial charge < -0.3 is 0 Å². The van der Waals surface area contributed by atoms with Crippen LogP contribution in [0.25, 0.3) is 16.9 Å². The van der Waals surface area contributed by atoms with Gasteiger partial charge in [-0.15, -0.1) is 0 Å². The van der Waals surface area contributed by atoms with E-state index in [1.807, 2.05) is 45.0 Å². The summed E-state index contributed by atoms with van der Waals surface area (Å²) in [6.45, 7) is 5.82. The summed E-state index contributed by atoms with van der Waals surface area (Å²) < 4.78 is 2.08. The molecule has 0 radical (unpaired) electrons. The summed E-state index contributed by atoms with van der Waals surface area (Å²) in [5.41, 5.74) is 4.76. The molecule has 0 aliphatic carbocycles. The fraction of sp³-hybridized carbons (Fsp3) is 0.188. The Kier molecular flexibility index (Phi) is 3.37. The van der Waals surface area contributed by atoms with Gasteiger partial charge in [0, 0.05) is 0 Å². The van der Waals surface area contributed by atoms with E-state index in [1.165, 1.54) is 0 Å². The maximum Gasteiger partial charge on any atom is 0.271 e. The lowest BCUT2D eigenvalue weighted by Crippen LogP contribution is -2.21. The molecule has 0 saturated heterocycles. The summed E-state index contributed by atoms with van der Waals surface area (Å²) in [4.78, 5) is 21.6. The molecule has 0 aliphatic heterocycles. The number of aryl methyl sites for hydroxylation is 3. The van der Waals surface area contributed by atoms with Crippen molar-refractivity contribution in [3.05, 3.63) is 62.1 Å². The number of aromatic nitrogens is 3. The Morgan fingerprint density at radius 2 is 1.62 bits per heavy atom. The zero-order valence-electron chi connectivity index (χ0n) is 12.0. The second kappa shape index (κ2) is 5.07. The molecule has 2 heterocycles. The molecule has 0 bridgehead atoms. The summed E-state index contributed by atoms with van der Waals surface area (Å²) in [7, 11) is 0. The molecule has 21 heavy (non-hydrogen) atoms. The second-order valence-electron chi connectivity index (χ2n) is 5.07. The van der Waals surface area contributed by atoms with Crippen LogP contribution in [0.15, 0.2) is 39.6 Å². The molecule has 3 rings (SSSR count). The van der Waals surface area contributed by atoms with Gasteiger partial charge in [-0.2, -0.15) is 0 Å². The molecule has 106 valence electrons. The monoisotopic (exact) mass is 343 g/mol. The average molecular weight is 344 g/mol. The minimum absolute atomic E-state index is 0.135. The van der Waals surface area contributed by atoms with Crippen LogP contribution in [0.3, 0.4) is 0 Å². The standard InChI is InChI=1S/C16H14BrN3O/c1-9-4-6-12(7-5-9)20-15-14(8-13(17)16(20)21)18-10(2)11(3)19-15/h4-8H,1-3H3. The van der Waals surface area contributed by atoms with Gasteiger partial charge in [0.05, 0.1) is 21.5 Å². The summed E-state index contributed by atoms with van der Waals surface area (Å²) in [6, 6.07) is 9.51. The molecule has 0 N–H and O–H groups in total. The summed E-state index contributed by atoms with van der Waals surface area (Å²) in [6.07, 6.45) is 0. The smallest absolute Gasteiger partial charge is 0.268 e. The largest absolute Gasteiger partial charge is 0.271 e. The van der Waals surface area contributed by atoms with E-state index in [9.17, 15) is 4.79 Å². The lowest BCUT2D eigenvalue weighted by Gasteiger charge is -2.11. The number of nitrogens with zero attached hydrogens (tertiary/aromatic N) is 3. The van der Waals surface area contributed by atoms with E-state index in [4.69, 9.17) is 0 Å². The minimum atomic E-state index is -0.135. The van der Waals surface area contributed by atoms with Crippen LogP contribution >= 0.6 is 15.9 Å². The van der Waals surface area contributed by atoms with Gasteiger partial charge in [0.1, 0.15) is 5.52 Å². The molecule has 3 aromatic rings. The number of fused-ring (bicyclic) bond motifs is 1. The van der Waals surface area contributed by atoms with Crippen LogP contribution in [0, 0.1) is 20.8 Å². The van der Waals surface area contributed by atoms with E-state index >= 15 is 0 Å². The number of benzene rings is 1. The SMILES string of the molecule is Cc1ccc(-n2c(=O)c(Br)cc3nc(C)c(C)nc32)cc1. The third-order valence-electron chi connectivity index (χ3n) is 3.49. The number of pyridine rings is 1. The Bertz CT molecular complexity index is 898. The third-order valence-corrected chi connectivity index (χ3v) is 4.06. The predicted octanol–water partition coefficient (Wildman–Crippen LogP) is 3.47. The van der Waals surface area contributed by atoms with Crippen molar-refractivity contribution >= 4 is 27.1 Å². The first-order chi connectivity index (χ1) is 9.97. The Morgan fingerprint density at radius 1 is 1.00 bits per heavy atom. The summed E-state index contributed by atoms with van der Waals surface area (Å²) in [5, 5.41) is 0. The molecule has 0 saturated carbocycles. The van der Waals surface area contributed by atoms with E-state index in [1.54, 1.807) is 10.6 Å². The molecule has 1 aromatic carbocycles. The van der Waals surface area contributed by atoms with Crippen molar-refractivity contribution in [2.75, 3.05) is 0 Å². The lowest BCUT2D eigenvalue weighted by atomic mass is 10.2. The highest BCUT2D eigenvalue weighted by Gasteiger charge is 2.13. The van der Waals surface area contributed by atoms with Gasteiger partial charge in [-0.05, 0) is 54.9 Å². The number of halogens is 1. The molecule has 2 aromatic heterocycles. The van der Waals surface area contributed by atoms with Crippen molar-refractivity contribution in [3.8, 4) is 5.69 Å². The molecule has 0 spiro atoms. The van der Waals surface area contributed by atoms with Gasteiger partial charge in [0.2, 0.25) is 0 Å². The van der Waals surface area contributed by atoms with Crippen LogP contribution in [-0.2, 0) is 0 Å². The highest BCUT2D eigenvalue weighted by Crippen LogP contribution is 2.19. The van der Waals surface area contributed by atoms with Gasteiger partial charge in [-0.3, -0.25) is 9.36 Å². The van der Waals surface area contributed by atoms with Crippen LogP contribution in [0.4, 0.5) is 0 Å². The van der Waals surface area contributed by atoms with Crippen molar-refractivity contribution < 1.29 is 0 Å². The van der Waals surface area contributed by atoms with E-state index < -0.39 is 0 Å². The van der Waals surface area contributed by atoms with Crippen LogP contribution in [0.1, 0.15) is 17.0 Å². The molecule has 5 heteroatoms. The van der Waals surface area contributed by atoms with E-state index in [2.05, 4.69) is 25.9 Å². The van der Waals surface area contributed by atoms with Crippen LogP contribution in [0.2, 0.25) is 0 Å². The topological polar surface area (TPSA) is 47.8 Å². The Labute approximate surface area is 130 Å². The van der Waals surface area contributed by atoms with Crippen LogP contribution in [-0.4, -0.2) is 14.5 Å². The van der Waals surface area contributed by atoms with E-state index in [-0.39, 0.29) is 5.56 Å². The molecule has 0 unspecified atom stereocenters. The Morgan fingerprint density at radius 3 is 2.29 bits per heavy atom. The molecule has 0 amide bonds. The first-order valence-electron chi connectivity index (χ1n) is 6.61. The third kappa shape index (κ3) is 2.38. The average Bonchev–Trinajstić information content (AvgIpc) is 2.44. The minimum Gasteiger partial charge on any atom is -0.268 e. The fourth-order valence-corrected chi connectivity index (χ4v) is 2.58. The normalized spacial score (nSPS) is 11.0. The summed E-state index contributed by atoms with van der Waals surface area (Å²) >= 11 is 3.32. The van der Waals surface area contributed by atoms with E-state index in [0.717, 1.165) is 22.6 Å². The number of hydrogen-bond donors (Lipinski definition) is 0. The zero-order chi connectivity index (χ0) is 15.1. The molecule has 0 fully saturated rings. The van der Waals surface area contributed by atoms with Crippen molar-refractivity contribution in [2.24, 2.45) is 0 Å². The predicted molar refractivity (Wildman–Crippen MR) is 87.0 cm³/mol.